The van der Waals surface area contributed by atoms with E-state index in [0.29, 0.717) is 11.2 Å². The lowest BCUT2D eigenvalue weighted by Crippen LogP contribution is -2.47. The molecule has 1 N–H and O–H groups in total. The van der Waals surface area contributed by atoms with Crippen molar-refractivity contribution in [3.63, 3.8) is 0 Å². The van der Waals surface area contributed by atoms with E-state index in [9.17, 15) is 8.42 Å². The van der Waals surface area contributed by atoms with Crippen LogP contribution < -0.4 is 9.62 Å². The lowest BCUT2D eigenvalue weighted by molar-refractivity contribution is 0.261. The van der Waals surface area contributed by atoms with Crippen LogP contribution in [0.15, 0.2) is 90.0 Å². The van der Waals surface area contributed by atoms with Crippen LogP contribution in [0.4, 0.5) is 11.5 Å². The number of nitrogens with zero attached hydrogens (tertiary/aromatic N) is 4. The van der Waals surface area contributed by atoms with Crippen LogP contribution in [-0.2, 0) is 16.4 Å². The maximum absolute atomic E-state index is 13.1. The summed E-state index contributed by atoms with van der Waals surface area (Å²) in [6.45, 7) is 4.92. The summed E-state index contributed by atoms with van der Waals surface area (Å²) in [7, 11) is -3.75. The highest BCUT2D eigenvalue weighted by atomic mass is 32.2. The van der Waals surface area contributed by atoms with Crippen molar-refractivity contribution >= 4 is 54.1 Å². The molecule has 1 aliphatic heterocycles. The number of pyridine rings is 1. The van der Waals surface area contributed by atoms with Gasteiger partial charge >= 0.3 is 0 Å². The fraction of sp³-hybridized carbons (Fsp3) is 0.214. The van der Waals surface area contributed by atoms with Crippen molar-refractivity contribution in [2.75, 3.05) is 42.3 Å². The predicted molar refractivity (Wildman–Crippen MR) is 151 cm³/mol. The monoisotopic (exact) mass is 529 g/mol. The van der Waals surface area contributed by atoms with E-state index in [0.717, 1.165) is 50.3 Å². The molecule has 37 heavy (non-hydrogen) atoms. The maximum Gasteiger partial charge on any atom is 0.264 e. The van der Waals surface area contributed by atoms with Gasteiger partial charge in [0, 0.05) is 55.4 Å². The summed E-state index contributed by atoms with van der Waals surface area (Å²) < 4.78 is 34.7. The topological polar surface area (TPSA) is 78.4 Å². The van der Waals surface area contributed by atoms with Gasteiger partial charge < -0.3 is 4.90 Å². The molecule has 3 aromatic carbocycles. The third kappa shape index (κ3) is 5.02. The molecule has 0 amide bonds. The number of benzene rings is 3. The summed E-state index contributed by atoms with van der Waals surface area (Å²) in [5.41, 5.74) is 2.20. The van der Waals surface area contributed by atoms with E-state index in [1.54, 1.807) is 35.9 Å². The minimum Gasteiger partial charge on any atom is -0.353 e. The van der Waals surface area contributed by atoms with E-state index in [1.807, 2.05) is 36.4 Å². The lowest BCUT2D eigenvalue weighted by Gasteiger charge is -2.35. The Kier molecular flexibility index (Phi) is 6.50. The average molecular weight is 530 g/mol. The molecular weight excluding hydrogens is 502 g/mol. The molecule has 3 heterocycles. The van der Waals surface area contributed by atoms with Gasteiger partial charge in [0.25, 0.3) is 10.0 Å². The second-order valence-electron chi connectivity index (χ2n) is 9.21. The van der Waals surface area contributed by atoms with Crippen molar-refractivity contribution < 1.29 is 8.42 Å². The molecule has 0 radical (unpaired) electrons. The molecule has 2 aromatic heterocycles. The summed E-state index contributed by atoms with van der Waals surface area (Å²) in [5, 5.41) is 2.04. The van der Waals surface area contributed by atoms with Crippen LogP contribution in [0.5, 0.6) is 0 Å². The van der Waals surface area contributed by atoms with Crippen molar-refractivity contribution in [2.24, 2.45) is 0 Å². The first-order chi connectivity index (χ1) is 18.1. The molecule has 1 fully saturated rings. The molecule has 6 rings (SSSR count). The van der Waals surface area contributed by atoms with Gasteiger partial charge in [-0.1, -0.05) is 42.5 Å². The van der Waals surface area contributed by atoms with Crippen LogP contribution in [-0.4, -0.2) is 55.4 Å². The number of hydrogen-bond donors (Lipinski definition) is 1. The highest BCUT2D eigenvalue weighted by molar-refractivity contribution is 7.93. The summed E-state index contributed by atoms with van der Waals surface area (Å²) in [4.78, 5) is 9.33. The summed E-state index contributed by atoms with van der Waals surface area (Å²) in [6.07, 6.45) is 2.52. The lowest BCUT2D eigenvalue weighted by atomic mass is 10.1. The molecule has 9 heteroatoms. The van der Waals surface area contributed by atoms with Crippen LogP contribution in [0.3, 0.4) is 0 Å². The number of sulfonamides is 1. The molecule has 0 bridgehead atoms. The molecule has 7 nitrogen and oxygen atoms in total. The second-order valence-corrected chi connectivity index (χ2v) is 11.7. The molecule has 1 saturated heterocycles. The van der Waals surface area contributed by atoms with E-state index >= 15 is 0 Å². The van der Waals surface area contributed by atoms with E-state index in [-0.39, 0.29) is 4.90 Å². The van der Waals surface area contributed by atoms with Crippen LogP contribution in [0.2, 0.25) is 0 Å². The summed E-state index contributed by atoms with van der Waals surface area (Å²) >= 11 is 1.57. The number of fused-ring (bicyclic) bond motifs is 2. The number of rotatable bonds is 7. The number of hydrogen-bond acceptors (Lipinski definition) is 7. The van der Waals surface area contributed by atoms with Crippen molar-refractivity contribution in [1.29, 1.82) is 0 Å². The van der Waals surface area contributed by atoms with Gasteiger partial charge in [-0.25, -0.2) is 8.42 Å². The smallest absolute Gasteiger partial charge is 0.264 e. The first kappa shape index (κ1) is 23.8. The van der Waals surface area contributed by atoms with Crippen molar-refractivity contribution in [3.05, 3.63) is 90.6 Å². The third-order valence-corrected chi connectivity index (χ3v) is 9.07. The summed E-state index contributed by atoms with van der Waals surface area (Å²) in [6, 6.07) is 24.9. The van der Waals surface area contributed by atoms with Gasteiger partial charge in [-0.2, -0.15) is 4.37 Å². The zero-order chi connectivity index (χ0) is 25.2. The fourth-order valence-corrected chi connectivity index (χ4v) is 6.85. The van der Waals surface area contributed by atoms with E-state index < -0.39 is 10.0 Å². The molecule has 0 unspecified atom stereocenters. The highest BCUT2D eigenvalue weighted by Crippen LogP contribution is 2.30. The standard InChI is InChI=1S/C28H27N5O2S2/c34-37(35,26-9-3-5-22-6-4-15-29-27(22)26)31-23-12-10-21(11-13-23)14-16-32-17-19-33(20-18-32)28-24-7-1-2-8-25(24)36-30-28/h1-13,15,31H,14,16-20H2. The van der Waals surface area contributed by atoms with Gasteiger partial charge in [-0.15, -0.1) is 0 Å². The molecule has 5 aromatic rings. The van der Waals surface area contributed by atoms with Gasteiger partial charge in [0.05, 0.1) is 10.2 Å². The zero-order valence-electron chi connectivity index (χ0n) is 20.2. The first-order valence-corrected chi connectivity index (χ1v) is 14.6. The second kappa shape index (κ2) is 10.1. The Hall–Kier alpha value is -3.53. The van der Waals surface area contributed by atoms with E-state index in [2.05, 4.69) is 43.8 Å². The van der Waals surface area contributed by atoms with Crippen LogP contribution in [0, 0.1) is 0 Å². The number of para-hydroxylation sites is 1. The molecular formula is C28H27N5O2S2. The van der Waals surface area contributed by atoms with Gasteiger partial charge in [-0.3, -0.25) is 14.6 Å². The minimum atomic E-state index is -3.75. The summed E-state index contributed by atoms with van der Waals surface area (Å²) in [5.74, 6) is 1.11. The molecule has 0 spiro atoms. The quantitative estimate of drug-likeness (QED) is 0.319. The van der Waals surface area contributed by atoms with Crippen molar-refractivity contribution in [1.82, 2.24) is 14.3 Å². The molecule has 0 aliphatic carbocycles. The van der Waals surface area contributed by atoms with Crippen molar-refractivity contribution in [2.45, 2.75) is 11.3 Å². The minimum absolute atomic E-state index is 0.180. The average Bonchev–Trinajstić information content (AvgIpc) is 3.37. The Morgan fingerprint density at radius 1 is 0.865 bits per heavy atom. The van der Waals surface area contributed by atoms with Crippen molar-refractivity contribution in [3.8, 4) is 0 Å². The van der Waals surface area contributed by atoms with Crippen LogP contribution >= 0.6 is 11.5 Å². The van der Waals surface area contributed by atoms with Gasteiger partial charge in [0.15, 0.2) is 0 Å². The predicted octanol–water partition coefficient (Wildman–Crippen LogP) is 5.01. The Bertz CT molecular complexity index is 1640. The number of aromatic nitrogens is 2. The normalized spacial score (nSPS) is 14.9. The SMILES string of the molecule is O=S(=O)(Nc1ccc(CCN2CCN(c3nsc4ccccc34)CC2)cc1)c1cccc2cccnc12. The molecule has 1 aliphatic rings. The molecule has 188 valence electrons. The van der Waals surface area contributed by atoms with Gasteiger partial charge in [-0.05, 0) is 59.9 Å². The third-order valence-electron chi connectivity index (χ3n) is 6.84. The van der Waals surface area contributed by atoms with Gasteiger partial charge in [0.1, 0.15) is 10.7 Å². The van der Waals surface area contributed by atoms with Gasteiger partial charge in [0.2, 0.25) is 0 Å². The molecule has 0 atom stereocenters. The number of anilines is 2. The number of nitrogens with one attached hydrogen (secondary N) is 1. The largest absolute Gasteiger partial charge is 0.353 e. The fourth-order valence-electron chi connectivity index (χ4n) is 4.81. The number of piperazine rings is 1. The zero-order valence-corrected chi connectivity index (χ0v) is 21.9. The Morgan fingerprint density at radius 2 is 1.65 bits per heavy atom. The van der Waals surface area contributed by atoms with E-state index in [4.69, 9.17) is 4.37 Å². The Balaban J connectivity index is 1.04. The Labute approximate surface area is 220 Å². The highest BCUT2D eigenvalue weighted by Gasteiger charge is 2.21. The van der Waals surface area contributed by atoms with E-state index in [1.165, 1.54) is 15.6 Å². The van der Waals surface area contributed by atoms with Crippen LogP contribution in [0.25, 0.3) is 21.0 Å². The van der Waals surface area contributed by atoms with Crippen LogP contribution in [0.1, 0.15) is 5.56 Å². The molecule has 0 saturated carbocycles. The Morgan fingerprint density at radius 3 is 2.49 bits per heavy atom. The first-order valence-electron chi connectivity index (χ1n) is 12.3. The maximum atomic E-state index is 13.1.